The second kappa shape index (κ2) is 4.15. The molecule has 0 amide bonds. The molecule has 0 unspecified atom stereocenters. The highest BCUT2D eigenvalue weighted by Gasteiger charge is 2.17. The molecule has 0 saturated carbocycles. The molecule has 0 spiro atoms. The van der Waals surface area contributed by atoms with Crippen molar-refractivity contribution in [3.63, 3.8) is 0 Å². The second-order valence-corrected chi connectivity index (χ2v) is 4.42. The molecule has 1 N–H and O–H groups in total. The fraction of sp³-hybridized carbons (Fsp3) is 0.0625. The zero-order valence-electron chi connectivity index (χ0n) is 9.76. The van der Waals surface area contributed by atoms with Crippen LogP contribution >= 0.6 is 0 Å². The third kappa shape index (κ3) is 1.82. The van der Waals surface area contributed by atoms with E-state index in [1.807, 2.05) is 30.3 Å². The molecule has 2 aromatic rings. The summed E-state index contributed by atoms with van der Waals surface area (Å²) < 4.78 is 0. The fourth-order valence-electron chi connectivity index (χ4n) is 2.30. The minimum absolute atomic E-state index is 0.0372. The summed E-state index contributed by atoms with van der Waals surface area (Å²) in [4.78, 5) is 12.0. The Morgan fingerprint density at radius 3 is 2.67 bits per heavy atom. The summed E-state index contributed by atoms with van der Waals surface area (Å²) in [6.07, 6.45) is 2.39. The molecule has 2 aromatic carbocycles. The van der Waals surface area contributed by atoms with E-state index in [4.69, 9.17) is 0 Å². The number of ketones is 1. The Morgan fingerprint density at radius 1 is 1.00 bits per heavy atom. The Balaban J connectivity index is 2.05. The number of aromatic hydroxyl groups is 1. The number of hydrogen-bond donors (Lipinski definition) is 1. The molecule has 0 aliphatic heterocycles. The van der Waals surface area contributed by atoms with E-state index in [-0.39, 0.29) is 11.5 Å². The van der Waals surface area contributed by atoms with Crippen LogP contribution in [0.5, 0.6) is 5.75 Å². The highest BCUT2D eigenvalue weighted by Crippen LogP contribution is 2.28. The molecule has 1 aliphatic carbocycles. The molecule has 18 heavy (non-hydrogen) atoms. The van der Waals surface area contributed by atoms with Crippen LogP contribution in [0.2, 0.25) is 0 Å². The van der Waals surface area contributed by atoms with Gasteiger partial charge in [-0.3, -0.25) is 4.79 Å². The van der Waals surface area contributed by atoms with Crippen LogP contribution in [0.3, 0.4) is 0 Å². The largest absolute Gasteiger partial charge is 0.508 e. The lowest BCUT2D eigenvalue weighted by Gasteiger charge is -2.16. The van der Waals surface area contributed by atoms with Gasteiger partial charge in [-0.1, -0.05) is 36.4 Å². The van der Waals surface area contributed by atoms with Crippen molar-refractivity contribution in [2.45, 2.75) is 6.42 Å². The van der Waals surface area contributed by atoms with Crippen LogP contribution in [0, 0.1) is 0 Å². The van der Waals surface area contributed by atoms with Crippen molar-refractivity contribution in [1.82, 2.24) is 0 Å². The first kappa shape index (κ1) is 10.8. The van der Waals surface area contributed by atoms with Crippen LogP contribution in [0.25, 0.3) is 5.57 Å². The monoisotopic (exact) mass is 236 g/mol. The summed E-state index contributed by atoms with van der Waals surface area (Å²) in [6.45, 7) is 0. The van der Waals surface area contributed by atoms with Gasteiger partial charge in [-0.2, -0.15) is 0 Å². The molecule has 1 aliphatic rings. The lowest BCUT2D eigenvalue weighted by molar-refractivity contribution is 0.104. The fourth-order valence-corrected chi connectivity index (χ4v) is 2.30. The van der Waals surface area contributed by atoms with Gasteiger partial charge in [0.05, 0.1) is 0 Å². The molecule has 2 nitrogen and oxygen atoms in total. The van der Waals surface area contributed by atoms with Crippen LogP contribution in [0.4, 0.5) is 0 Å². The summed E-state index contributed by atoms with van der Waals surface area (Å²) in [7, 11) is 0. The molecular formula is C16H12O2. The van der Waals surface area contributed by atoms with E-state index in [1.54, 1.807) is 24.3 Å². The van der Waals surface area contributed by atoms with Crippen LogP contribution in [-0.4, -0.2) is 10.9 Å². The van der Waals surface area contributed by atoms with Gasteiger partial charge in [-0.15, -0.1) is 0 Å². The third-order valence-electron chi connectivity index (χ3n) is 3.19. The van der Waals surface area contributed by atoms with Gasteiger partial charge in [-0.25, -0.2) is 0 Å². The standard InChI is InChI=1S/C16H12O2/c17-14-6-3-5-11(9-14)13-8-12-4-1-2-7-15(12)16(18)10-13/h1-7,9-10,17H,8H2. The van der Waals surface area contributed by atoms with Gasteiger partial charge < -0.3 is 5.11 Å². The van der Waals surface area contributed by atoms with E-state index >= 15 is 0 Å². The van der Waals surface area contributed by atoms with Gasteiger partial charge >= 0.3 is 0 Å². The van der Waals surface area contributed by atoms with Crippen molar-refractivity contribution in [2.24, 2.45) is 0 Å². The number of hydrogen-bond acceptors (Lipinski definition) is 2. The molecule has 3 rings (SSSR count). The van der Waals surface area contributed by atoms with Gasteiger partial charge in [0.1, 0.15) is 5.75 Å². The van der Waals surface area contributed by atoms with Gasteiger partial charge in [0.25, 0.3) is 0 Å². The number of phenols is 1. The summed E-state index contributed by atoms with van der Waals surface area (Å²) >= 11 is 0. The van der Waals surface area contributed by atoms with Crippen molar-refractivity contribution in [3.8, 4) is 5.75 Å². The van der Waals surface area contributed by atoms with E-state index in [2.05, 4.69) is 0 Å². The summed E-state index contributed by atoms with van der Waals surface area (Å²) in [5.74, 6) is 0.259. The molecule has 0 fully saturated rings. The number of carbonyl (C=O) groups is 1. The molecule has 0 atom stereocenters. The molecule has 0 radical (unpaired) electrons. The van der Waals surface area contributed by atoms with Crippen molar-refractivity contribution in [1.29, 1.82) is 0 Å². The van der Waals surface area contributed by atoms with Gasteiger partial charge in [-0.05, 0) is 41.3 Å². The van der Waals surface area contributed by atoms with Gasteiger partial charge in [0, 0.05) is 5.56 Å². The highest BCUT2D eigenvalue weighted by atomic mass is 16.3. The lowest BCUT2D eigenvalue weighted by atomic mass is 9.87. The maximum absolute atomic E-state index is 12.0. The molecule has 88 valence electrons. The molecule has 0 saturated heterocycles. The quantitative estimate of drug-likeness (QED) is 0.825. The van der Waals surface area contributed by atoms with Gasteiger partial charge in [0.15, 0.2) is 5.78 Å². The molecule has 0 heterocycles. The Hall–Kier alpha value is -2.35. The van der Waals surface area contributed by atoms with E-state index in [0.717, 1.165) is 28.7 Å². The predicted octanol–water partition coefficient (Wildman–Crippen LogP) is 3.21. The number of rotatable bonds is 1. The Morgan fingerprint density at radius 2 is 1.83 bits per heavy atom. The average Bonchev–Trinajstić information content (AvgIpc) is 2.39. The zero-order valence-corrected chi connectivity index (χ0v) is 9.76. The highest BCUT2D eigenvalue weighted by molar-refractivity contribution is 6.11. The summed E-state index contributed by atoms with van der Waals surface area (Å²) in [5.41, 5.74) is 3.68. The van der Waals surface area contributed by atoms with Crippen molar-refractivity contribution in [3.05, 3.63) is 71.3 Å². The first-order chi connectivity index (χ1) is 8.74. The molecular weight excluding hydrogens is 224 g/mol. The average molecular weight is 236 g/mol. The minimum atomic E-state index is 0.0372. The maximum atomic E-state index is 12.0. The van der Waals surface area contributed by atoms with Gasteiger partial charge in [0.2, 0.25) is 0 Å². The van der Waals surface area contributed by atoms with Crippen LogP contribution in [-0.2, 0) is 6.42 Å². The SMILES string of the molecule is O=C1C=C(c2cccc(O)c2)Cc2ccccc21. The second-order valence-electron chi connectivity index (χ2n) is 4.42. The number of phenolic OH excluding ortho intramolecular Hbond substituents is 1. The molecule has 2 heteroatoms. The van der Waals surface area contributed by atoms with Crippen LogP contribution < -0.4 is 0 Å². The number of benzene rings is 2. The Labute approximate surface area is 105 Å². The zero-order chi connectivity index (χ0) is 12.5. The summed E-state index contributed by atoms with van der Waals surface area (Å²) in [6, 6.07) is 14.7. The Kier molecular flexibility index (Phi) is 2.49. The first-order valence-electron chi connectivity index (χ1n) is 5.86. The van der Waals surface area contributed by atoms with E-state index in [9.17, 15) is 9.90 Å². The van der Waals surface area contributed by atoms with E-state index < -0.39 is 0 Å². The topological polar surface area (TPSA) is 37.3 Å². The third-order valence-corrected chi connectivity index (χ3v) is 3.19. The van der Waals surface area contributed by atoms with E-state index in [0.29, 0.717) is 0 Å². The van der Waals surface area contributed by atoms with E-state index in [1.165, 1.54) is 0 Å². The minimum Gasteiger partial charge on any atom is -0.508 e. The lowest BCUT2D eigenvalue weighted by Crippen LogP contribution is -2.08. The summed E-state index contributed by atoms with van der Waals surface area (Å²) in [5, 5.41) is 9.49. The van der Waals surface area contributed by atoms with Crippen molar-refractivity contribution >= 4 is 11.4 Å². The van der Waals surface area contributed by atoms with Crippen LogP contribution in [0.1, 0.15) is 21.5 Å². The predicted molar refractivity (Wildman–Crippen MR) is 70.6 cm³/mol. The van der Waals surface area contributed by atoms with Crippen molar-refractivity contribution < 1.29 is 9.90 Å². The number of carbonyl (C=O) groups excluding carboxylic acids is 1. The normalized spacial score (nSPS) is 14.0. The number of fused-ring (bicyclic) bond motifs is 1. The maximum Gasteiger partial charge on any atom is 0.186 e. The first-order valence-corrected chi connectivity index (χ1v) is 5.86. The Bertz CT molecular complexity index is 654. The smallest absolute Gasteiger partial charge is 0.186 e. The van der Waals surface area contributed by atoms with Crippen molar-refractivity contribution in [2.75, 3.05) is 0 Å². The van der Waals surface area contributed by atoms with Crippen LogP contribution in [0.15, 0.2) is 54.6 Å². The molecule has 0 bridgehead atoms. The number of allylic oxidation sites excluding steroid dienone is 2. The molecule has 0 aromatic heterocycles.